The Morgan fingerprint density at radius 3 is 2.15 bits per heavy atom. The standard InChI is InChI=1S/C14H26N2O2S2/c1-13(2,3)8(17)7-19-12-16-11(15)9(20-12)10(18)14(4,5)6/h9,11-12,16H,7,15H2,1-6H3. The lowest BCUT2D eigenvalue weighted by Crippen LogP contribution is -2.46. The van der Waals surface area contributed by atoms with Crippen LogP contribution in [0, 0.1) is 10.8 Å². The SMILES string of the molecule is CC(C)(C)C(=O)CSC1NC(N)C(C(=O)C(C)(C)C)S1. The Kier molecular flexibility index (Phi) is 5.75. The number of carbonyl (C=O) groups is 2. The first kappa shape index (κ1) is 18.0. The molecular formula is C14H26N2O2S2. The second-order valence-corrected chi connectivity index (χ2v) is 9.82. The molecule has 1 rings (SSSR count). The second kappa shape index (κ2) is 6.38. The summed E-state index contributed by atoms with van der Waals surface area (Å²) in [6.07, 6.45) is -0.339. The molecule has 1 fully saturated rings. The van der Waals surface area contributed by atoms with Crippen molar-refractivity contribution in [2.75, 3.05) is 5.75 Å². The van der Waals surface area contributed by atoms with Gasteiger partial charge in [0.2, 0.25) is 0 Å². The predicted octanol–water partition coefficient (Wildman–Crippen LogP) is 2.22. The molecule has 4 nitrogen and oxygen atoms in total. The predicted molar refractivity (Wildman–Crippen MR) is 87.7 cm³/mol. The van der Waals surface area contributed by atoms with Crippen LogP contribution in [0.2, 0.25) is 0 Å². The van der Waals surface area contributed by atoms with E-state index in [1.807, 2.05) is 41.5 Å². The van der Waals surface area contributed by atoms with Crippen LogP contribution >= 0.6 is 23.5 Å². The van der Waals surface area contributed by atoms with Gasteiger partial charge in [-0.3, -0.25) is 14.9 Å². The molecule has 0 spiro atoms. The van der Waals surface area contributed by atoms with Crippen molar-refractivity contribution in [3.8, 4) is 0 Å². The first-order valence-corrected chi connectivity index (χ1v) is 8.78. The molecule has 0 aliphatic carbocycles. The van der Waals surface area contributed by atoms with Crippen molar-refractivity contribution in [1.82, 2.24) is 5.32 Å². The van der Waals surface area contributed by atoms with Crippen molar-refractivity contribution in [2.24, 2.45) is 16.6 Å². The summed E-state index contributed by atoms with van der Waals surface area (Å²) in [5.41, 5.74) is 5.30. The Balaban J connectivity index is 2.54. The Bertz CT molecular complexity index is 386. The summed E-state index contributed by atoms with van der Waals surface area (Å²) in [4.78, 5) is 24.2. The van der Waals surface area contributed by atoms with Gasteiger partial charge >= 0.3 is 0 Å². The molecule has 3 unspecified atom stereocenters. The summed E-state index contributed by atoms with van der Waals surface area (Å²) < 4.78 is 0.00704. The van der Waals surface area contributed by atoms with Crippen LogP contribution in [0.25, 0.3) is 0 Å². The molecule has 1 aliphatic heterocycles. The Morgan fingerprint density at radius 1 is 1.15 bits per heavy atom. The number of ketones is 2. The van der Waals surface area contributed by atoms with Gasteiger partial charge < -0.3 is 5.73 Å². The minimum absolute atomic E-state index is 0.00704. The van der Waals surface area contributed by atoms with E-state index in [0.29, 0.717) is 5.75 Å². The number of hydrogen-bond acceptors (Lipinski definition) is 6. The molecule has 1 aliphatic rings. The van der Waals surface area contributed by atoms with Crippen molar-refractivity contribution in [3.05, 3.63) is 0 Å². The maximum absolute atomic E-state index is 12.3. The lowest BCUT2D eigenvalue weighted by Gasteiger charge is -2.22. The van der Waals surface area contributed by atoms with E-state index < -0.39 is 5.41 Å². The maximum Gasteiger partial charge on any atom is 0.154 e. The molecule has 0 radical (unpaired) electrons. The highest BCUT2D eigenvalue weighted by molar-refractivity contribution is 8.18. The highest BCUT2D eigenvalue weighted by Gasteiger charge is 2.41. The lowest BCUT2D eigenvalue weighted by atomic mass is 9.88. The molecule has 20 heavy (non-hydrogen) atoms. The van der Waals surface area contributed by atoms with E-state index in [0.717, 1.165) is 0 Å². The third-order valence-electron chi connectivity index (χ3n) is 3.12. The molecule has 3 atom stereocenters. The number of nitrogens with two attached hydrogens (primary N) is 1. The summed E-state index contributed by atoms with van der Waals surface area (Å²) in [7, 11) is 0. The highest BCUT2D eigenvalue weighted by atomic mass is 32.2. The van der Waals surface area contributed by atoms with Crippen molar-refractivity contribution in [1.29, 1.82) is 0 Å². The molecule has 0 amide bonds. The maximum atomic E-state index is 12.3. The molecule has 0 aromatic carbocycles. The van der Waals surface area contributed by atoms with Crippen LogP contribution in [0.3, 0.4) is 0 Å². The van der Waals surface area contributed by atoms with Crippen LogP contribution < -0.4 is 11.1 Å². The molecule has 0 bridgehead atoms. The fourth-order valence-electron chi connectivity index (χ4n) is 1.61. The van der Waals surface area contributed by atoms with Crippen molar-refractivity contribution in [3.63, 3.8) is 0 Å². The summed E-state index contributed by atoms with van der Waals surface area (Å²) in [5.74, 6) is 0.814. The lowest BCUT2D eigenvalue weighted by molar-refractivity contribution is -0.126. The summed E-state index contributed by atoms with van der Waals surface area (Å²) >= 11 is 3.06. The van der Waals surface area contributed by atoms with Gasteiger partial charge in [-0.15, -0.1) is 23.5 Å². The van der Waals surface area contributed by atoms with E-state index in [-0.39, 0.29) is 33.1 Å². The van der Waals surface area contributed by atoms with Gasteiger partial charge in [-0.1, -0.05) is 41.5 Å². The molecular weight excluding hydrogens is 292 g/mol. The first-order chi connectivity index (χ1) is 8.93. The highest BCUT2D eigenvalue weighted by Crippen LogP contribution is 2.37. The number of nitrogens with one attached hydrogen (secondary N) is 1. The third kappa shape index (κ3) is 4.76. The van der Waals surface area contributed by atoms with Crippen LogP contribution in [0.1, 0.15) is 41.5 Å². The van der Waals surface area contributed by atoms with E-state index in [1.165, 1.54) is 23.5 Å². The minimum atomic E-state index is -0.391. The summed E-state index contributed by atoms with van der Waals surface area (Å²) in [5, 5.41) is 2.96. The van der Waals surface area contributed by atoms with E-state index >= 15 is 0 Å². The summed E-state index contributed by atoms with van der Waals surface area (Å²) in [6.45, 7) is 11.5. The van der Waals surface area contributed by atoms with Gasteiger partial charge in [-0.25, -0.2) is 0 Å². The number of rotatable bonds is 4. The number of hydrogen-bond donors (Lipinski definition) is 2. The zero-order valence-corrected chi connectivity index (χ0v) is 14.8. The average molecular weight is 319 g/mol. The van der Waals surface area contributed by atoms with Crippen LogP contribution in [-0.2, 0) is 9.59 Å². The van der Waals surface area contributed by atoms with Gasteiger partial charge in [0.1, 0.15) is 10.5 Å². The normalized spacial score (nSPS) is 27.6. The van der Waals surface area contributed by atoms with Crippen LogP contribution in [0.5, 0.6) is 0 Å². The van der Waals surface area contributed by atoms with Crippen LogP contribution in [0.15, 0.2) is 0 Å². The Morgan fingerprint density at radius 2 is 1.70 bits per heavy atom. The van der Waals surface area contributed by atoms with Crippen molar-refractivity contribution >= 4 is 35.1 Å². The van der Waals surface area contributed by atoms with Gasteiger partial charge in [0, 0.05) is 10.8 Å². The fourth-order valence-corrected chi connectivity index (χ4v) is 4.70. The molecule has 116 valence electrons. The van der Waals surface area contributed by atoms with Crippen molar-refractivity contribution in [2.45, 2.75) is 57.7 Å². The molecule has 1 saturated heterocycles. The van der Waals surface area contributed by atoms with Gasteiger partial charge in [0.25, 0.3) is 0 Å². The first-order valence-electron chi connectivity index (χ1n) is 6.79. The number of carbonyl (C=O) groups excluding carboxylic acids is 2. The monoisotopic (exact) mass is 318 g/mol. The number of Topliss-reactive ketones (excluding diaryl/α,β-unsaturated/α-hetero) is 2. The number of thioether (sulfide) groups is 2. The topological polar surface area (TPSA) is 72.2 Å². The van der Waals surface area contributed by atoms with E-state index in [9.17, 15) is 9.59 Å². The third-order valence-corrected chi connectivity index (χ3v) is 5.92. The zero-order valence-electron chi connectivity index (χ0n) is 13.1. The smallest absolute Gasteiger partial charge is 0.154 e. The minimum Gasteiger partial charge on any atom is -0.315 e. The van der Waals surface area contributed by atoms with E-state index in [2.05, 4.69) is 5.32 Å². The van der Waals surface area contributed by atoms with Crippen LogP contribution in [-0.4, -0.2) is 33.4 Å². The Labute approximate surface area is 130 Å². The van der Waals surface area contributed by atoms with Gasteiger partial charge in [-0.2, -0.15) is 0 Å². The molecule has 0 aromatic rings. The van der Waals surface area contributed by atoms with Gasteiger partial charge in [0.15, 0.2) is 5.78 Å². The average Bonchev–Trinajstić information content (AvgIpc) is 2.63. The fraction of sp³-hybridized carbons (Fsp3) is 0.857. The quantitative estimate of drug-likeness (QED) is 0.828. The molecule has 0 aromatic heterocycles. The zero-order chi connectivity index (χ0) is 15.7. The summed E-state index contributed by atoms with van der Waals surface area (Å²) in [6, 6.07) is 0. The van der Waals surface area contributed by atoms with E-state index in [1.54, 1.807) is 0 Å². The van der Waals surface area contributed by atoms with Gasteiger partial charge in [0.05, 0.1) is 17.2 Å². The largest absolute Gasteiger partial charge is 0.315 e. The molecule has 1 heterocycles. The second-order valence-electron chi connectivity index (χ2n) is 7.18. The van der Waals surface area contributed by atoms with E-state index in [4.69, 9.17) is 5.73 Å². The molecule has 0 saturated carbocycles. The molecule has 3 N–H and O–H groups in total. The molecule has 6 heteroatoms. The Hall–Kier alpha value is -0.0400. The van der Waals surface area contributed by atoms with Crippen LogP contribution in [0.4, 0.5) is 0 Å². The van der Waals surface area contributed by atoms with Gasteiger partial charge in [-0.05, 0) is 0 Å². The van der Waals surface area contributed by atoms with Crippen molar-refractivity contribution < 1.29 is 9.59 Å².